The highest BCUT2D eigenvalue weighted by Gasteiger charge is 2.35. The predicted octanol–water partition coefficient (Wildman–Crippen LogP) is 2.86. The van der Waals surface area contributed by atoms with Gasteiger partial charge in [-0.1, -0.05) is 0 Å². The first kappa shape index (κ1) is 20.7. The molecule has 0 saturated heterocycles. The zero-order valence-electron chi connectivity index (χ0n) is 15.6. The molecule has 0 fully saturated rings. The van der Waals surface area contributed by atoms with Gasteiger partial charge in [0, 0.05) is 30.7 Å². The van der Waals surface area contributed by atoms with Crippen LogP contribution in [0, 0.1) is 6.92 Å². The molecule has 0 aliphatic rings. The molecule has 29 heavy (non-hydrogen) atoms. The van der Waals surface area contributed by atoms with Crippen molar-refractivity contribution in [3.05, 3.63) is 47.9 Å². The van der Waals surface area contributed by atoms with Crippen LogP contribution in [0.5, 0.6) is 0 Å². The summed E-state index contributed by atoms with van der Waals surface area (Å²) >= 11 is 0. The number of benzene rings is 1. The topological polar surface area (TPSA) is 102 Å². The lowest BCUT2D eigenvalue weighted by molar-refractivity contribution is -0.137. The van der Waals surface area contributed by atoms with E-state index in [1.807, 2.05) is 0 Å². The van der Waals surface area contributed by atoms with Crippen molar-refractivity contribution in [2.75, 3.05) is 12.4 Å². The lowest BCUT2D eigenvalue weighted by Gasteiger charge is -2.14. The average Bonchev–Trinajstić information content (AvgIpc) is 3.08. The molecule has 0 atom stereocenters. The van der Waals surface area contributed by atoms with Gasteiger partial charge in [-0.2, -0.15) is 18.3 Å². The Kier molecular flexibility index (Phi) is 5.32. The zero-order valence-corrected chi connectivity index (χ0v) is 16.4. The first-order valence-corrected chi connectivity index (χ1v) is 9.74. The minimum absolute atomic E-state index is 0.0624. The van der Waals surface area contributed by atoms with Gasteiger partial charge < -0.3 is 5.32 Å². The molecule has 2 heterocycles. The third kappa shape index (κ3) is 4.38. The summed E-state index contributed by atoms with van der Waals surface area (Å²) in [6.45, 7) is 1.66. The zero-order chi connectivity index (χ0) is 21.4. The number of alkyl halides is 3. The lowest BCUT2D eigenvalue weighted by atomic mass is 10.1. The Morgan fingerprint density at radius 3 is 2.45 bits per heavy atom. The van der Waals surface area contributed by atoms with E-state index in [0.29, 0.717) is 17.4 Å². The summed E-state index contributed by atoms with van der Waals surface area (Å²) in [6.07, 6.45) is -1.23. The molecular formula is C17H17F3N6O2S. The van der Waals surface area contributed by atoms with Gasteiger partial charge in [-0.15, -0.1) is 0 Å². The Balaban J connectivity index is 2.00. The lowest BCUT2D eigenvalue weighted by Crippen LogP contribution is -2.18. The molecule has 0 aliphatic heterocycles. The summed E-state index contributed by atoms with van der Waals surface area (Å²) in [4.78, 5) is 7.84. The monoisotopic (exact) mass is 426 g/mol. The highest BCUT2D eigenvalue weighted by atomic mass is 32.2. The highest BCUT2D eigenvalue weighted by molar-refractivity contribution is 7.89. The quantitative estimate of drug-likeness (QED) is 0.651. The van der Waals surface area contributed by atoms with Crippen molar-refractivity contribution in [3.63, 3.8) is 0 Å². The molecule has 12 heteroatoms. The number of hydrogen-bond acceptors (Lipinski definition) is 6. The number of rotatable bonds is 5. The molecule has 1 aromatic carbocycles. The van der Waals surface area contributed by atoms with Crippen LogP contribution in [0.15, 0.2) is 41.7 Å². The van der Waals surface area contributed by atoms with Crippen molar-refractivity contribution < 1.29 is 21.6 Å². The van der Waals surface area contributed by atoms with Gasteiger partial charge >= 0.3 is 6.18 Å². The third-order valence-electron chi connectivity index (χ3n) is 4.10. The van der Waals surface area contributed by atoms with E-state index in [0.717, 1.165) is 0 Å². The Morgan fingerprint density at radius 1 is 1.17 bits per heavy atom. The molecule has 0 aliphatic carbocycles. The number of sulfonamides is 1. The van der Waals surface area contributed by atoms with Crippen molar-refractivity contribution >= 4 is 21.7 Å². The van der Waals surface area contributed by atoms with E-state index in [2.05, 4.69) is 25.1 Å². The van der Waals surface area contributed by atoms with Crippen molar-refractivity contribution in [2.45, 2.75) is 18.0 Å². The highest BCUT2D eigenvalue weighted by Crippen LogP contribution is 2.36. The largest absolute Gasteiger partial charge is 0.419 e. The Labute approximate surface area is 164 Å². The number of nitrogens with one attached hydrogen (secondary N) is 2. The summed E-state index contributed by atoms with van der Waals surface area (Å²) < 4.78 is 67.4. The molecule has 0 amide bonds. The molecular weight excluding hydrogens is 409 g/mol. The normalized spacial score (nSPS) is 12.2. The van der Waals surface area contributed by atoms with Crippen LogP contribution in [0.4, 0.5) is 24.8 Å². The maximum absolute atomic E-state index is 13.4. The number of aromatic nitrogens is 4. The molecule has 154 valence electrons. The second-order valence-corrected chi connectivity index (χ2v) is 8.05. The molecule has 2 aromatic heterocycles. The van der Waals surface area contributed by atoms with Gasteiger partial charge in [0.25, 0.3) is 0 Å². The van der Waals surface area contributed by atoms with Crippen LogP contribution >= 0.6 is 0 Å². The molecule has 0 radical (unpaired) electrons. The number of halogens is 3. The van der Waals surface area contributed by atoms with Crippen LogP contribution in [0.25, 0.3) is 11.3 Å². The SMILES string of the molecule is CNS(=O)(=O)c1ccc(Nc2ncc(C(F)(F)F)c(-c3cnn(C)c3)n2)c(C)c1. The number of nitrogens with zero attached hydrogens (tertiary/aromatic N) is 4. The second-order valence-electron chi connectivity index (χ2n) is 6.17. The first-order chi connectivity index (χ1) is 13.5. The van der Waals surface area contributed by atoms with Crippen molar-refractivity contribution in [2.24, 2.45) is 7.05 Å². The predicted molar refractivity (Wildman–Crippen MR) is 99.9 cm³/mol. The molecule has 0 unspecified atom stereocenters. The van der Waals surface area contributed by atoms with E-state index in [4.69, 9.17) is 0 Å². The van der Waals surface area contributed by atoms with Crippen LogP contribution in [-0.2, 0) is 23.2 Å². The van der Waals surface area contributed by atoms with Gasteiger partial charge in [0.1, 0.15) is 5.56 Å². The van der Waals surface area contributed by atoms with Crippen LogP contribution < -0.4 is 10.0 Å². The van der Waals surface area contributed by atoms with Crippen molar-refractivity contribution in [1.82, 2.24) is 24.5 Å². The molecule has 2 N–H and O–H groups in total. The molecule has 0 spiro atoms. The average molecular weight is 426 g/mol. The van der Waals surface area contributed by atoms with Crippen LogP contribution in [0.1, 0.15) is 11.1 Å². The van der Waals surface area contributed by atoms with E-state index in [1.54, 1.807) is 14.0 Å². The van der Waals surface area contributed by atoms with Gasteiger partial charge in [0.15, 0.2) is 0 Å². The Hall–Kier alpha value is -2.99. The van der Waals surface area contributed by atoms with Crippen molar-refractivity contribution in [3.8, 4) is 11.3 Å². The summed E-state index contributed by atoms with van der Waals surface area (Å²) in [5.74, 6) is -0.0656. The summed E-state index contributed by atoms with van der Waals surface area (Å²) in [6, 6.07) is 4.29. The summed E-state index contributed by atoms with van der Waals surface area (Å²) in [5.41, 5.74) is -0.0967. The van der Waals surface area contributed by atoms with Crippen LogP contribution in [0.2, 0.25) is 0 Å². The molecule has 3 aromatic rings. The van der Waals surface area contributed by atoms with Crippen molar-refractivity contribution in [1.29, 1.82) is 0 Å². The molecule has 3 rings (SSSR count). The second kappa shape index (κ2) is 7.44. The van der Waals surface area contributed by atoms with E-state index in [9.17, 15) is 21.6 Å². The molecule has 0 saturated carbocycles. The van der Waals surface area contributed by atoms with Gasteiger partial charge in [-0.25, -0.2) is 23.1 Å². The van der Waals surface area contributed by atoms with Crippen LogP contribution in [-0.4, -0.2) is 35.2 Å². The third-order valence-corrected chi connectivity index (χ3v) is 5.51. The van der Waals surface area contributed by atoms with Gasteiger partial charge in [0.05, 0.1) is 16.8 Å². The number of hydrogen-bond donors (Lipinski definition) is 2. The van der Waals surface area contributed by atoms with Gasteiger partial charge in [0.2, 0.25) is 16.0 Å². The maximum atomic E-state index is 13.4. The van der Waals surface area contributed by atoms with E-state index < -0.39 is 21.8 Å². The summed E-state index contributed by atoms with van der Waals surface area (Å²) in [7, 11) is -0.733. The van der Waals surface area contributed by atoms with E-state index >= 15 is 0 Å². The Bertz CT molecular complexity index is 1160. The van der Waals surface area contributed by atoms with Gasteiger partial charge in [-0.3, -0.25) is 4.68 Å². The molecule has 8 nitrogen and oxygen atoms in total. The minimum atomic E-state index is -4.64. The maximum Gasteiger partial charge on any atom is 0.419 e. The standard InChI is InChI=1S/C17H17F3N6O2S/c1-10-6-12(29(27,28)21-2)4-5-14(10)24-16-22-8-13(17(18,19)20)15(25-16)11-7-23-26(3)9-11/h4-9,21H,1-3H3,(H,22,24,25). The summed E-state index contributed by atoms with van der Waals surface area (Å²) in [5, 5.41) is 6.72. The van der Waals surface area contributed by atoms with Gasteiger partial charge in [-0.05, 0) is 37.7 Å². The van der Waals surface area contributed by atoms with Crippen LogP contribution in [0.3, 0.4) is 0 Å². The number of aryl methyl sites for hydroxylation is 2. The fourth-order valence-electron chi connectivity index (χ4n) is 2.59. The Morgan fingerprint density at radius 2 is 1.90 bits per heavy atom. The first-order valence-electron chi connectivity index (χ1n) is 8.26. The van der Waals surface area contributed by atoms with E-state index in [1.165, 1.54) is 42.3 Å². The minimum Gasteiger partial charge on any atom is -0.324 e. The fraction of sp³-hybridized carbons (Fsp3) is 0.235. The van der Waals surface area contributed by atoms with E-state index in [-0.39, 0.29) is 22.1 Å². The smallest absolute Gasteiger partial charge is 0.324 e. The number of anilines is 2. The molecule has 0 bridgehead atoms. The fourth-order valence-corrected chi connectivity index (χ4v) is 3.41.